The number of nitrogens with one attached hydrogen (secondary N) is 2. The quantitative estimate of drug-likeness (QED) is 0.205. The number of esters is 1. The zero-order valence-electron chi connectivity index (χ0n) is 20.8. The lowest BCUT2D eigenvalue weighted by molar-refractivity contribution is -0.145. The molecule has 3 rings (SSSR count). The van der Waals surface area contributed by atoms with Gasteiger partial charge in [-0.1, -0.05) is 36.4 Å². The molecule has 0 saturated heterocycles. The summed E-state index contributed by atoms with van der Waals surface area (Å²) in [4.78, 5) is 38.8. The van der Waals surface area contributed by atoms with E-state index in [2.05, 4.69) is 10.6 Å². The van der Waals surface area contributed by atoms with Crippen LogP contribution >= 0.6 is 0 Å². The fourth-order valence-corrected chi connectivity index (χ4v) is 3.81. The van der Waals surface area contributed by atoms with Crippen molar-refractivity contribution < 1.29 is 34.4 Å². The number of hydrogen-bond acceptors (Lipinski definition) is 8. The molecule has 10 nitrogen and oxygen atoms in total. The van der Waals surface area contributed by atoms with E-state index in [9.17, 15) is 29.7 Å². The van der Waals surface area contributed by atoms with Crippen LogP contribution in [0.2, 0.25) is 0 Å². The molecule has 0 aliphatic heterocycles. The highest BCUT2D eigenvalue weighted by Gasteiger charge is 2.29. The largest absolute Gasteiger partial charge is 0.508 e. The fraction of sp³-hybridized carbons (Fsp3) is 0.250. The molecule has 200 valence electrons. The Balaban J connectivity index is 1.76. The van der Waals surface area contributed by atoms with Gasteiger partial charge in [0.2, 0.25) is 11.8 Å². The number of benzene rings is 3. The van der Waals surface area contributed by atoms with E-state index in [0.29, 0.717) is 11.1 Å². The van der Waals surface area contributed by atoms with E-state index in [1.807, 2.05) is 0 Å². The molecule has 0 radical (unpaired) electrons. The van der Waals surface area contributed by atoms with Gasteiger partial charge < -0.3 is 36.4 Å². The predicted molar refractivity (Wildman–Crippen MR) is 139 cm³/mol. The van der Waals surface area contributed by atoms with Crippen LogP contribution in [0.5, 0.6) is 17.2 Å². The second-order valence-corrected chi connectivity index (χ2v) is 8.86. The summed E-state index contributed by atoms with van der Waals surface area (Å²) in [5.74, 6) is -1.68. The maximum atomic E-state index is 13.4. The average Bonchev–Trinajstić information content (AvgIpc) is 2.91. The second kappa shape index (κ2) is 13.1. The number of methoxy groups -OCH3 is 1. The molecule has 7 N–H and O–H groups in total. The monoisotopic (exact) mass is 521 g/mol. The van der Waals surface area contributed by atoms with Crippen LogP contribution in [0.25, 0.3) is 0 Å². The lowest BCUT2D eigenvalue weighted by atomic mass is 10.0. The predicted octanol–water partition coefficient (Wildman–Crippen LogP) is 1.30. The third-order valence-corrected chi connectivity index (χ3v) is 5.92. The number of ether oxygens (including phenoxy) is 1. The van der Waals surface area contributed by atoms with Crippen LogP contribution in [0, 0.1) is 0 Å². The number of carbonyl (C=O) groups excluding carboxylic acids is 3. The minimum atomic E-state index is -1.09. The molecule has 0 fully saturated rings. The van der Waals surface area contributed by atoms with Gasteiger partial charge in [0.25, 0.3) is 0 Å². The first-order chi connectivity index (χ1) is 18.1. The summed E-state index contributed by atoms with van der Waals surface area (Å²) in [5.41, 5.74) is 8.16. The molecule has 3 aromatic carbocycles. The van der Waals surface area contributed by atoms with Gasteiger partial charge in [-0.3, -0.25) is 9.59 Å². The van der Waals surface area contributed by atoms with Gasteiger partial charge in [0.15, 0.2) is 0 Å². The summed E-state index contributed by atoms with van der Waals surface area (Å²) in [6, 6.07) is 15.5. The minimum Gasteiger partial charge on any atom is -0.508 e. The lowest BCUT2D eigenvalue weighted by Gasteiger charge is -2.24. The Bertz CT molecular complexity index is 1230. The Morgan fingerprint density at radius 1 is 0.658 bits per heavy atom. The van der Waals surface area contributed by atoms with Crippen molar-refractivity contribution in [3.05, 3.63) is 89.5 Å². The van der Waals surface area contributed by atoms with Crippen molar-refractivity contribution in [1.29, 1.82) is 0 Å². The number of hydrogen-bond donors (Lipinski definition) is 6. The highest BCUT2D eigenvalue weighted by molar-refractivity contribution is 5.92. The van der Waals surface area contributed by atoms with Crippen LogP contribution in [0.15, 0.2) is 72.8 Å². The van der Waals surface area contributed by atoms with Gasteiger partial charge in [-0.15, -0.1) is 0 Å². The molecular weight excluding hydrogens is 490 g/mol. The SMILES string of the molecule is COC(=O)[C@H](Cc1ccc(O)cc1)NC(=O)[C@@H](Cc1ccc(O)cc1)NC(=O)[C@H](N)Cc1ccc(O)cc1. The molecule has 0 aliphatic carbocycles. The summed E-state index contributed by atoms with van der Waals surface area (Å²) in [6.45, 7) is 0. The smallest absolute Gasteiger partial charge is 0.328 e. The number of amides is 2. The van der Waals surface area contributed by atoms with Crippen molar-refractivity contribution >= 4 is 17.8 Å². The topological polar surface area (TPSA) is 171 Å². The summed E-state index contributed by atoms with van der Waals surface area (Å²) in [7, 11) is 1.20. The van der Waals surface area contributed by atoms with Crippen LogP contribution in [0.1, 0.15) is 16.7 Å². The maximum absolute atomic E-state index is 13.4. The van der Waals surface area contributed by atoms with E-state index in [1.165, 1.54) is 43.5 Å². The summed E-state index contributed by atoms with van der Waals surface area (Å²) >= 11 is 0. The number of aromatic hydroxyl groups is 3. The Morgan fingerprint density at radius 3 is 1.45 bits per heavy atom. The Hall–Kier alpha value is -4.57. The van der Waals surface area contributed by atoms with E-state index < -0.39 is 35.9 Å². The van der Waals surface area contributed by atoms with Gasteiger partial charge in [0, 0.05) is 12.8 Å². The standard InChI is InChI=1S/C28H31N3O7/c1-38-28(37)25(16-19-6-12-22(34)13-7-19)31-27(36)24(15-18-4-10-21(33)11-5-18)30-26(35)23(29)14-17-2-8-20(32)9-3-17/h2-13,23-25,32-34H,14-16,29H2,1H3,(H,30,35)(H,31,36)/t23-,24-,25+/m1/s1. The molecule has 10 heteroatoms. The highest BCUT2D eigenvalue weighted by atomic mass is 16.5. The number of rotatable bonds is 11. The summed E-state index contributed by atoms with van der Waals surface area (Å²) < 4.78 is 4.86. The van der Waals surface area contributed by atoms with E-state index in [1.54, 1.807) is 36.4 Å². The number of phenols is 3. The molecule has 0 aliphatic rings. The Morgan fingerprint density at radius 2 is 1.03 bits per heavy atom. The molecule has 0 spiro atoms. The first-order valence-electron chi connectivity index (χ1n) is 11.9. The molecule has 3 atom stereocenters. The Kier molecular flexibility index (Phi) is 9.66. The number of carbonyl (C=O) groups is 3. The third-order valence-electron chi connectivity index (χ3n) is 5.92. The van der Waals surface area contributed by atoms with Gasteiger partial charge in [-0.2, -0.15) is 0 Å². The number of nitrogens with two attached hydrogens (primary N) is 1. The van der Waals surface area contributed by atoms with Gasteiger partial charge in [-0.05, 0) is 59.5 Å². The molecular formula is C28H31N3O7. The molecule has 0 saturated carbocycles. The van der Waals surface area contributed by atoms with Crippen LogP contribution in [0.4, 0.5) is 0 Å². The molecule has 0 aromatic heterocycles. The van der Waals surface area contributed by atoms with Crippen molar-refractivity contribution in [3.8, 4) is 17.2 Å². The van der Waals surface area contributed by atoms with Crippen molar-refractivity contribution in [1.82, 2.24) is 10.6 Å². The van der Waals surface area contributed by atoms with E-state index in [4.69, 9.17) is 10.5 Å². The van der Waals surface area contributed by atoms with Crippen LogP contribution in [0.3, 0.4) is 0 Å². The Labute approximate surface area is 220 Å². The van der Waals surface area contributed by atoms with Gasteiger partial charge in [0.1, 0.15) is 29.3 Å². The first-order valence-corrected chi connectivity index (χ1v) is 11.9. The molecule has 38 heavy (non-hydrogen) atoms. The molecule has 0 heterocycles. The van der Waals surface area contributed by atoms with Crippen LogP contribution < -0.4 is 16.4 Å². The van der Waals surface area contributed by atoms with Crippen LogP contribution in [-0.4, -0.2) is 58.3 Å². The third kappa shape index (κ3) is 8.24. The van der Waals surface area contributed by atoms with E-state index in [0.717, 1.165) is 5.56 Å². The van der Waals surface area contributed by atoms with Gasteiger partial charge in [-0.25, -0.2) is 4.79 Å². The second-order valence-electron chi connectivity index (χ2n) is 8.86. The maximum Gasteiger partial charge on any atom is 0.328 e. The highest BCUT2D eigenvalue weighted by Crippen LogP contribution is 2.15. The van der Waals surface area contributed by atoms with Crippen molar-refractivity contribution in [2.45, 2.75) is 37.4 Å². The number of phenolic OH excluding ortho intramolecular Hbond substituents is 3. The molecule has 0 unspecified atom stereocenters. The molecule has 2 amide bonds. The normalized spacial score (nSPS) is 13.1. The average molecular weight is 522 g/mol. The lowest BCUT2D eigenvalue weighted by Crippen LogP contribution is -2.56. The van der Waals surface area contributed by atoms with Crippen molar-refractivity contribution in [2.24, 2.45) is 5.73 Å². The molecule has 3 aromatic rings. The van der Waals surface area contributed by atoms with E-state index >= 15 is 0 Å². The summed E-state index contributed by atoms with van der Waals surface area (Å²) in [6.07, 6.45) is 0.334. The zero-order chi connectivity index (χ0) is 27.7. The van der Waals surface area contributed by atoms with Crippen molar-refractivity contribution in [2.75, 3.05) is 7.11 Å². The minimum absolute atomic E-state index is 0.0503. The first kappa shape index (κ1) is 28.0. The van der Waals surface area contributed by atoms with Crippen LogP contribution in [-0.2, 0) is 38.4 Å². The molecule has 0 bridgehead atoms. The summed E-state index contributed by atoms with van der Waals surface area (Å²) in [5, 5.41) is 33.9. The zero-order valence-corrected chi connectivity index (χ0v) is 20.8. The van der Waals surface area contributed by atoms with Gasteiger partial charge in [0.05, 0.1) is 13.2 Å². The van der Waals surface area contributed by atoms with E-state index in [-0.39, 0.29) is 36.5 Å². The fourth-order valence-electron chi connectivity index (χ4n) is 3.81. The van der Waals surface area contributed by atoms with Crippen molar-refractivity contribution in [3.63, 3.8) is 0 Å². The van der Waals surface area contributed by atoms with Gasteiger partial charge >= 0.3 is 5.97 Å².